The van der Waals surface area contributed by atoms with Crippen molar-refractivity contribution >= 4 is 23.9 Å². The first-order valence-electron chi connectivity index (χ1n) is 7.07. The second-order valence-corrected chi connectivity index (χ2v) is 8.27. The summed E-state index contributed by atoms with van der Waals surface area (Å²) < 4.78 is 16.9. The van der Waals surface area contributed by atoms with E-state index in [1.165, 1.54) is 0 Å². The first-order valence-corrected chi connectivity index (χ1v) is 10.2. The molecular formula is C18H16O3SiV. The zero-order chi connectivity index (χ0) is 16.5. The van der Waals surface area contributed by atoms with Crippen molar-refractivity contribution in [2.75, 3.05) is 0 Å². The van der Waals surface area contributed by atoms with E-state index >= 15 is 0 Å². The number of rotatable bonds is 3. The van der Waals surface area contributed by atoms with Crippen LogP contribution in [0.3, 0.4) is 0 Å². The molecule has 0 aromatic heterocycles. The summed E-state index contributed by atoms with van der Waals surface area (Å²) in [5.41, 5.74) is 0. The number of hydrogen-bond acceptors (Lipinski definition) is 3. The van der Waals surface area contributed by atoms with Crippen molar-refractivity contribution < 1.29 is 28.3 Å². The second kappa shape index (κ2) is 8.60. The van der Waals surface area contributed by atoms with Crippen LogP contribution < -0.4 is 15.6 Å². The van der Waals surface area contributed by atoms with E-state index in [0.717, 1.165) is 15.6 Å². The fourth-order valence-corrected chi connectivity index (χ4v) is 5.56. The van der Waals surface area contributed by atoms with Crippen LogP contribution in [0.1, 0.15) is 0 Å². The Balaban J connectivity index is 0.000000595. The van der Waals surface area contributed by atoms with Crippen LogP contribution >= 0.6 is 0 Å². The standard InChI is InChI=1S/C18H16OSi.2O.V/c19-20(16-10-4-1-5-11-16,17-12-6-2-7-13-17)18-14-8-3-9-15-18;;;/h1-15,19H;;;. The first-order chi connectivity index (χ1) is 11.2. The molecule has 0 saturated carbocycles. The van der Waals surface area contributed by atoms with Gasteiger partial charge in [0.05, 0.1) is 0 Å². The predicted octanol–water partition coefficient (Wildman–Crippen LogP) is 1.41. The molecule has 1 N–H and O–H groups in total. The van der Waals surface area contributed by atoms with E-state index in [1.54, 1.807) is 0 Å². The predicted molar refractivity (Wildman–Crippen MR) is 87.6 cm³/mol. The molecule has 0 aliphatic heterocycles. The summed E-state index contributed by atoms with van der Waals surface area (Å²) in [5, 5.41) is 3.03. The van der Waals surface area contributed by atoms with Crippen molar-refractivity contribution in [3.05, 3.63) is 91.0 Å². The molecule has 0 spiro atoms. The van der Waals surface area contributed by atoms with Crippen LogP contribution in [-0.2, 0) is 23.5 Å². The van der Waals surface area contributed by atoms with Gasteiger partial charge in [-0.2, -0.15) is 0 Å². The van der Waals surface area contributed by atoms with Crippen molar-refractivity contribution in [1.29, 1.82) is 0 Å². The van der Waals surface area contributed by atoms with Crippen molar-refractivity contribution in [3.63, 3.8) is 0 Å². The Morgan fingerprint density at radius 2 is 0.783 bits per heavy atom. The molecule has 3 aromatic rings. The third-order valence-electron chi connectivity index (χ3n) is 3.57. The SMILES string of the molecule is O[Si](c1ccccc1)(c1ccccc1)c1ccccc1.[O]=[V]=[O]. The molecule has 0 atom stereocenters. The maximum atomic E-state index is 11.6. The molecule has 3 rings (SSSR count). The molecule has 0 saturated heterocycles. The van der Waals surface area contributed by atoms with Gasteiger partial charge in [-0.1, -0.05) is 91.0 Å². The number of benzene rings is 3. The number of hydrogen-bond donors (Lipinski definition) is 1. The summed E-state index contributed by atoms with van der Waals surface area (Å²) in [4.78, 5) is 11.6. The van der Waals surface area contributed by atoms with Crippen LogP contribution in [0.4, 0.5) is 0 Å². The summed E-state index contributed by atoms with van der Waals surface area (Å²) in [7, 11) is -2.88. The quantitative estimate of drug-likeness (QED) is 0.568. The van der Waals surface area contributed by atoms with Crippen LogP contribution in [0.2, 0.25) is 0 Å². The molecule has 0 aliphatic rings. The molecule has 23 heavy (non-hydrogen) atoms. The van der Waals surface area contributed by atoms with Crippen LogP contribution in [0.15, 0.2) is 91.0 Å². The van der Waals surface area contributed by atoms with Gasteiger partial charge in [-0.25, -0.2) is 0 Å². The molecule has 0 heterocycles. The van der Waals surface area contributed by atoms with Crippen molar-refractivity contribution in [1.82, 2.24) is 0 Å². The van der Waals surface area contributed by atoms with Crippen molar-refractivity contribution in [2.45, 2.75) is 0 Å². The van der Waals surface area contributed by atoms with E-state index in [2.05, 4.69) is 0 Å². The van der Waals surface area contributed by atoms with Crippen LogP contribution in [0.25, 0.3) is 0 Å². The zero-order valence-corrected chi connectivity index (χ0v) is 14.8. The minimum absolute atomic E-state index is 1.01. The molecule has 0 aliphatic carbocycles. The van der Waals surface area contributed by atoms with E-state index < -0.39 is 24.5 Å². The Hall–Kier alpha value is -1.98. The molecule has 3 nitrogen and oxygen atoms in total. The van der Waals surface area contributed by atoms with Gasteiger partial charge in [0, 0.05) is 0 Å². The van der Waals surface area contributed by atoms with Gasteiger partial charge in [-0.05, 0) is 15.6 Å². The van der Waals surface area contributed by atoms with Gasteiger partial charge in [-0.15, -0.1) is 0 Å². The molecule has 0 fully saturated rings. The Kier molecular flexibility index (Phi) is 6.50. The summed E-state index contributed by atoms with van der Waals surface area (Å²) in [6.07, 6.45) is 0. The molecule has 0 radical (unpaired) electrons. The Bertz CT molecular complexity index is 661. The van der Waals surface area contributed by atoms with E-state index in [9.17, 15) is 4.80 Å². The van der Waals surface area contributed by atoms with Gasteiger partial charge in [0.1, 0.15) is 0 Å². The van der Waals surface area contributed by atoms with Gasteiger partial charge in [0.25, 0.3) is 8.32 Å². The fraction of sp³-hybridized carbons (Fsp3) is 0. The zero-order valence-electron chi connectivity index (χ0n) is 12.4. The minimum atomic E-state index is -2.88. The first kappa shape index (κ1) is 17.4. The molecular weight excluding hydrogens is 343 g/mol. The van der Waals surface area contributed by atoms with Crippen LogP contribution in [0, 0.1) is 0 Å². The Labute approximate surface area is 143 Å². The summed E-state index contributed by atoms with van der Waals surface area (Å²) >= 11 is -1.81. The third-order valence-corrected chi connectivity index (χ3v) is 7.08. The fourth-order valence-electron chi connectivity index (χ4n) is 2.54. The normalized spacial score (nSPS) is 10.1. The van der Waals surface area contributed by atoms with Gasteiger partial charge in [-0.3, -0.25) is 0 Å². The second-order valence-electron chi connectivity index (χ2n) is 4.88. The van der Waals surface area contributed by atoms with E-state index in [1.807, 2.05) is 91.0 Å². The summed E-state index contributed by atoms with van der Waals surface area (Å²) in [6, 6.07) is 30.0. The molecule has 0 bridgehead atoms. The van der Waals surface area contributed by atoms with E-state index in [4.69, 9.17) is 7.35 Å². The van der Waals surface area contributed by atoms with Gasteiger partial charge >= 0.3 is 23.5 Å². The molecule has 115 valence electrons. The average molecular weight is 359 g/mol. The van der Waals surface area contributed by atoms with E-state index in [-0.39, 0.29) is 0 Å². The van der Waals surface area contributed by atoms with Crippen molar-refractivity contribution in [3.8, 4) is 0 Å². The summed E-state index contributed by atoms with van der Waals surface area (Å²) in [6.45, 7) is 0. The Morgan fingerprint density at radius 3 is 1.00 bits per heavy atom. The Morgan fingerprint density at radius 1 is 0.565 bits per heavy atom. The van der Waals surface area contributed by atoms with Gasteiger partial charge < -0.3 is 4.80 Å². The summed E-state index contributed by atoms with van der Waals surface area (Å²) in [5.74, 6) is 0. The molecule has 0 unspecified atom stereocenters. The third kappa shape index (κ3) is 4.06. The monoisotopic (exact) mass is 359 g/mol. The topological polar surface area (TPSA) is 54.4 Å². The molecule has 5 heteroatoms. The van der Waals surface area contributed by atoms with Gasteiger partial charge in [0.15, 0.2) is 0 Å². The molecule has 3 aromatic carbocycles. The van der Waals surface area contributed by atoms with Gasteiger partial charge in [0.2, 0.25) is 0 Å². The van der Waals surface area contributed by atoms with E-state index in [0.29, 0.717) is 0 Å². The molecule has 0 amide bonds. The van der Waals surface area contributed by atoms with Crippen LogP contribution in [0.5, 0.6) is 0 Å². The average Bonchev–Trinajstić information content (AvgIpc) is 2.64. The van der Waals surface area contributed by atoms with Crippen molar-refractivity contribution in [2.24, 2.45) is 0 Å². The van der Waals surface area contributed by atoms with Crippen LogP contribution in [-0.4, -0.2) is 13.1 Å². The maximum absolute atomic E-state index is 11.6.